The highest BCUT2D eigenvalue weighted by Crippen LogP contribution is 2.26. The third-order valence-corrected chi connectivity index (χ3v) is 2.71. The van der Waals surface area contributed by atoms with E-state index in [1.807, 2.05) is 20.8 Å². The lowest BCUT2D eigenvalue weighted by atomic mass is 10.1. The highest BCUT2D eigenvalue weighted by atomic mass is 19.4. The van der Waals surface area contributed by atoms with Gasteiger partial charge in [-0.2, -0.15) is 0 Å². The Morgan fingerprint density at radius 2 is 1.85 bits per heavy atom. The number of ether oxygens (including phenoxy) is 1. The normalized spacial score (nSPS) is 11.3. The van der Waals surface area contributed by atoms with E-state index in [2.05, 4.69) is 20.0 Å². The van der Waals surface area contributed by atoms with E-state index in [0.717, 1.165) is 0 Å². The molecule has 2 aromatic rings. The van der Waals surface area contributed by atoms with E-state index in [4.69, 9.17) is 5.73 Å². The number of hydrogen-bond acceptors (Lipinski definition) is 4. The number of benzene rings is 1. The van der Waals surface area contributed by atoms with Crippen LogP contribution >= 0.6 is 0 Å². The number of nitrogens with one attached hydrogen (secondary N) is 2. The van der Waals surface area contributed by atoms with Gasteiger partial charge in [0, 0.05) is 18.9 Å². The van der Waals surface area contributed by atoms with Gasteiger partial charge in [0.05, 0.1) is 6.20 Å². The van der Waals surface area contributed by atoms with Crippen LogP contribution in [0.25, 0.3) is 5.73 Å². The monoisotopic (exact) mass is 383 g/mol. The maximum atomic E-state index is 12.2. The Hall–Kier alpha value is -2.68. The molecule has 0 aliphatic rings. The zero-order valence-electron chi connectivity index (χ0n) is 15.5. The highest BCUT2D eigenvalue weighted by molar-refractivity contribution is 5.91. The summed E-state index contributed by atoms with van der Waals surface area (Å²) in [6.07, 6.45) is -0.574. The molecule has 0 aliphatic carbocycles. The van der Waals surface area contributed by atoms with Crippen molar-refractivity contribution in [1.82, 2.24) is 15.3 Å². The first-order chi connectivity index (χ1) is 12.3. The van der Waals surface area contributed by atoms with Crippen LogP contribution in [0.15, 0.2) is 36.8 Å². The molecule has 0 unspecified atom stereocenters. The lowest BCUT2D eigenvalue weighted by molar-refractivity contribution is -0.274. The molecular weight excluding hydrogens is 361 g/mol. The number of hydrogen-bond donors (Lipinski definition) is 1. The zero-order valence-corrected chi connectivity index (χ0v) is 15.5. The van der Waals surface area contributed by atoms with Crippen molar-refractivity contribution in [3.8, 4) is 5.75 Å². The van der Waals surface area contributed by atoms with Crippen LogP contribution in [0.5, 0.6) is 5.75 Å². The third-order valence-electron chi connectivity index (χ3n) is 2.71. The van der Waals surface area contributed by atoms with Gasteiger partial charge in [-0.05, 0) is 24.1 Å². The van der Waals surface area contributed by atoms with Crippen molar-refractivity contribution >= 4 is 5.91 Å². The summed E-state index contributed by atoms with van der Waals surface area (Å²) in [7, 11) is 0. The van der Waals surface area contributed by atoms with E-state index >= 15 is 0 Å². The Morgan fingerprint density at radius 3 is 2.33 bits per heavy atom. The molecule has 1 aromatic carbocycles. The van der Waals surface area contributed by atoms with Crippen LogP contribution in [0.4, 0.5) is 13.2 Å². The van der Waals surface area contributed by atoms with Gasteiger partial charge in [-0.15, -0.1) is 18.7 Å². The zero-order chi connectivity index (χ0) is 20.7. The first-order valence-electron chi connectivity index (χ1n) is 7.99. The number of carbonyl (C=O) groups excluding carboxylic acids is 1. The Kier molecular flexibility index (Phi) is 7.71. The molecule has 0 fully saturated rings. The maximum absolute atomic E-state index is 12.2. The lowest BCUT2D eigenvalue weighted by Gasteiger charge is -2.20. The summed E-state index contributed by atoms with van der Waals surface area (Å²) in [6.45, 7) is 7.21. The average Bonchev–Trinajstić information content (AvgIpc) is 2.53. The van der Waals surface area contributed by atoms with Gasteiger partial charge >= 0.3 is 6.36 Å². The number of aromatic nitrogens is 2. The summed E-state index contributed by atoms with van der Waals surface area (Å²) in [5.41, 5.74) is 7.82. The van der Waals surface area contributed by atoms with E-state index < -0.39 is 12.3 Å². The van der Waals surface area contributed by atoms with Crippen molar-refractivity contribution in [2.24, 2.45) is 0 Å². The molecule has 2 rings (SSSR count). The molecule has 1 heterocycles. The molecule has 27 heavy (non-hydrogen) atoms. The summed E-state index contributed by atoms with van der Waals surface area (Å²) < 4.78 is 40.4. The summed E-state index contributed by atoms with van der Waals surface area (Å²) in [6, 6.07) is 4.18. The first kappa shape index (κ1) is 22.4. The van der Waals surface area contributed by atoms with Crippen molar-refractivity contribution < 1.29 is 22.7 Å². The Labute approximate surface area is 156 Å². The average molecular weight is 383 g/mol. The summed E-state index contributed by atoms with van der Waals surface area (Å²) >= 11 is 0. The number of alkyl halides is 3. The molecule has 0 spiro atoms. The standard InChI is InChI=1S/C14H12F3N3O2.C4H10N/c1-9-6-10(2-3-12(9)22-14(15,16)17)7-20-13(21)11-8-18-4-5-19-11;1-4(2,3)5/h2-6,8H,7H2,1H3,(H,20,21);5H,1-3H3/q;-1. The van der Waals surface area contributed by atoms with E-state index in [1.54, 1.807) is 0 Å². The second kappa shape index (κ2) is 9.31. The molecule has 9 heteroatoms. The molecule has 0 saturated carbocycles. The Morgan fingerprint density at radius 1 is 1.22 bits per heavy atom. The largest absolute Gasteiger partial charge is 0.673 e. The minimum absolute atomic E-state index is 0.155. The molecule has 2 N–H and O–H groups in total. The molecule has 0 bridgehead atoms. The molecule has 0 aliphatic heterocycles. The van der Waals surface area contributed by atoms with E-state index in [1.165, 1.54) is 43.7 Å². The van der Waals surface area contributed by atoms with Gasteiger partial charge in [0.15, 0.2) is 0 Å². The van der Waals surface area contributed by atoms with Crippen LogP contribution < -0.4 is 10.1 Å². The molecule has 1 amide bonds. The number of amides is 1. The van der Waals surface area contributed by atoms with Crippen LogP contribution in [-0.4, -0.2) is 27.8 Å². The first-order valence-corrected chi connectivity index (χ1v) is 7.99. The predicted octanol–water partition coefficient (Wildman–Crippen LogP) is 4.45. The second-order valence-electron chi connectivity index (χ2n) is 6.67. The molecule has 0 atom stereocenters. The van der Waals surface area contributed by atoms with Crippen LogP contribution in [0, 0.1) is 6.92 Å². The molecule has 1 aromatic heterocycles. The number of aryl methyl sites for hydroxylation is 1. The summed E-state index contributed by atoms with van der Waals surface area (Å²) in [4.78, 5) is 19.4. The third kappa shape index (κ3) is 10.1. The van der Waals surface area contributed by atoms with Crippen molar-refractivity contribution in [3.63, 3.8) is 0 Å². The molecule has 148 valence electrons. The summed E-state index contributed by atoms with van der Waals surface area (Å²) in [5.74, 6) is -0.683. The van der Waals surface area contributed by atoms with Crippen LogP contribution in [-0.2, 0) is 6.54 Å². The van der Waals surface area contributed by atoms with Crippen LogP contribution in [0.3, 0.4) is 0 Å². The van der Waals surface area contributed by atoms with E-state index in [-0.39, 0.29) is 23.5 Å². The fourth-order valence-electron chi connectivity index (χ4n) is 1.75. The molecule has 0 saturated heterocycles. The van der Waals surface area contributed by atoms with Gasteiger partial charge < -0.3 is 15.8 Å². The SMILES string of the molecule is CC(C)(C)[NH-].Cc1cc(CNC(=O)c2cnccn2)ccc1OC(F)(F)F. The second-order valence-corrected chi connectivity index (χ2v) is 6.67. The van der Waals surface area contributed by atoms with Crippen molar-refractivity contribution in [3.05, 3.63) is 59.3 Å². The smallest absolute Gasteiger partial charge is 0.573 e. The quantitative estimate of drug-likeness (QED) is 0.845. The molecular formula is C18H22F3N4O2-. The Bertz CT molecular complexity index is 739. The van der Waals surface area contributed by atoms with Crippen molar-refractivity contribution in [2.45, 2.75) is 46.1 Å². The minimum Gasteiger partial charge on any atom is -0.673 e. The number of rotatable bonds is 4. The van der Waals surface area contributed by atoms with Gasteiger partial charge in [0.2, 0.25) is 0 Å². The number of halogens is 3. The topological polar surface area (TPSA) is 87.9 Å². The highest BCUT2D eigenvalue weighted by Gasteiger charge is 2.31. The van der Waals surface area contributed by atoms with E-state index in [9.17, 15) is 18.0 Å². The Balaban J connectivity index is 0.000000646. The van der Waals surface area contributed by atoms with Gasteiger partial charge in [-0.25, -0.2) is 4.98 Å². The number of carbonyl (C=O) groups is 1. The van der Waals surface area contributed by atoms with Gasteiger partial charge in [-0.3, -0.25) is 9.78 Å². The molecule has 0 radical (unpaired) electrons. The van der Waals surface area contributed by atoms with Gasteiger partial charge in [0.25, 0.3) is 5.91 Å². The van der Waals surface area contributed by atoms with Crippen molar-refractivity contribution in [2.75, 3.05) is 0 Å². The van der Waals surface area contributed by atoms with Crippen LogP contribution in [0.2, 0.25) is 0 Å². The van der Waals surface area contributed by atoms with Gasteiger partial charge in [0.1, 0.15) is 11.4 Å². The fourth-order valence-corrected chi connectivity index (χ4v) is 1.75. The summed E-state index contributed by atoms with van der Waals surface area (Å²) in [5, 5.41) is 2.61. The fraction of sp³-hybridized carbons (Fsp3) is 0.389. The van der Waals surface area contributed by atoms with E-state index in [0.29, 0.717) is 11.1 Å². The van der Waals surface area contributed by atoms with Gasteiger partial charge in [-0.1, -0.05) is 32.9 Å². The van der Waals surface area contributed by atoms with Crippen molar-refractivity contribution in [1.29, 1.82) is 0 Å². The minimum atomic E-state index is -4.73. The lowest BCUT2D eigenvalue weighted by Crippen LogP contribution is -2.24. The predicted molar refractivity (Wildman–Crippen MR) is 95.1 cm³/mol. The number of nitrogens with zero attached hydrogens (tertiary/aromatic N) is 2. The maximum Gasteiger partial charge on any atom is 0.573 e. The van der Waals surface area contributed by atoms with Crippen LogP contribution in [0.1, 0.15) is 42.4 Å². The molecule has 6 nitrogen and oxygen atoms in total.